The highest BCUT2D eigenvalue weighted by molar-refractivity contribution is 6.31. The van der Waals surface area contributed by atoms with Crippen molar-refractivity contribution in [1.29, 1.82) is 0 Å². The normalized spacial score (nSPS) is 13.0. The minimum Gasteiger partial charge on any atom is -0.406 e. The van der Waals surface area contributed by atoms with Crippen LogP contribution in [0.25, 0.3) is 0 Å². The second kappa shape index (κ2) is 6.14. The predicted molar refractivity (Wildman–Crippen MR) is 75.3 cm³/mol. The number of nitrogens with two attached hydrogens (primary N) is 1. The van der Waals surface area contributed by atoms with E-state index in [0.717, 1.165) is 12.1 Å². The van der Waals surface area contributed by atoms with E-state index in [1.54, 1.807) is 6.92 Å². The number of rotatable bonds is 3. The summed E-state index contributed by atoms with van der Waals surface area (Å²) in [6.07, 6.45) is -4.77. The molecule has 0 aliphatic rings. The molecule has 7 heteroatoms. The fourth-order valence-corrected chi connectivity index (χ4v) is 2.27. The molecule has 0 heterocycles. The first-order valence-electron chi connectivity index (χ1n) is 6.25. The van der Waals surface area contributed by atoms with Gasteiger partial charge < -0.3 is 10.5 Å². The molecule has 0 spiro atoms. The van der Waals surface area contributed by atoms with Crippen LogP contribution >= 0.6 is 11.6 Å². The Morgan fingerprint density at radius 3 is 2.23 bits per heavy atom. The van der Waals surface area contributed by atoms with E-state index in [1.807, 2.05) is 0 Å². The second-order valence-electron chi connectivity index (χ2n) is 4.69. The van der Waals surface area contributed by atoms with Crippen LogP contribution in [0.5, 0.6) is 5.75 Å². The summed E-state index contributed by atoms with van der Waals surface area (Å²) in [6, 6.07) is 7.06. The molecule has 0 saturated heterocycles. The Bertz CT molecular complexity index is 670. The van der Waals surface area contributed by atoms with Crippen molar-refractivity contribution in [3.05, 3.63) is 63.9 Å². The van der Waals surface area contributed by atoms with Crippen LogP contribution in [0.15, 0.2) is 36.4 Å². The predicted octanol–water partition coefficient (Wildman–Crippen LogP) is 4.73. The Hall–Kier alpha value is -1.79. The number of halogens is 5. The zero-order valence-electron chi connectivity index (χ0n) is 11.4. The van der Waals surface area contributed by atoms with Crippen LogP contribution in [0, 0.1) is 12.7 Å². The average Bonchev–Trinajstić information content (AvgIpc) is 2.42. The zero-order valence-corrected chi connectivity index (χ0v) is 12.2. The van der Waals surface area contributed by atoms with Crippen LogP contribution in [0.1, 0.15) is 22.7 Å². The molecule has 2 nitrogen and oxygen atoms in total. The fraction of sp³-hybridized carbons (Fsp3) is 0.200. The molecule has 0 amide bonds. The van der Waals surface area contributed by atoms with E-state index in [2.05, 4.69) is 4.74 Å². The Kier molecular flexibility index (Phi) is 4.63. The number of alkyl halides is 3. The van der Waals surface area contributed by atoms with Crippen molar-refractivity contribution in [1.82, 2.24) is 0 Å². The molecule has 22 heavy (non-hydrogen) atoms. The lowest BCUT2D eigenvalue weighted by Crippen LogP contribution is -2.18. The van der Waals surface area contributed by atoms with E-state index in [1.165, 1.54) is 24.3 Å². The lowest BCUT2D eigenvalue weighted by molar-refractivity contribution is -0.274. The van der Waals surface area contributed by atoms with Crippen molar-refractivity contribution in [3.8, 4) is 5.75 Å². The summed E-state index contributed by atoms with van der Waals surface area (Å²) in [7, 11) is 0. The van der Waals surface area contributed by atoms with E-state index in [4.69, 9.17) is 17.3 Å². The van der Waals surface area contributed by atoms with Crippen LogP contribution < -0.4 is 10.5 Å². The first kappa shape index (κ1) is 16.6. The number of hydrogen-bond acceptors (Lipinski definition) is 2. The van der Waals surface area contributed by atoms with Crippen molar-refractivity contribution in [3.63, 3.8) is 0 Å². The summed E-state index contributed by atoms with van der Waals surface area (Å²) in [5.41, 5.74) is 6.88. The Labute approximate surface area is 129 Å². The molecule has 0 radical (unpaired) electrons. The molecule has 118 valence electrons. The topological polar surface area (TPSA) is 35.2 Å². The van der Waals surface area contributed by atoms with E-state index >= 15 is 0 Å². The van der Waals surface area contributed by atoms with Crippen molar-refractivity contribution in [2.45, 2.75) is 19.3 Å². The number of aryl methyl sites for hydroxylation is 1. The van der Waals surface area contributed by atoms with Crippen molar-refractivity contribution in [2.75, 3.05) is 0 Å². The monoisotopic (exact) mass is 333 g/mol. The largest absolute Gasteiger partial charge is 0.573 e. The Morgan fingerprint density at radius 1 is 1.09 bits per heavy atom. The summed E-state index contributed by atoms with van der Waals surface area (Å²) >= 11 is 5.97. The van der Waals surface area contributed by atoms with Gasteiger partial charge in [0.05, 0.1) is 6.04 Å². The third kappa shape index (κ3) is 3.69. The van der Waals surface area contributed by atoms with Gasteiger partial charge in [0, 0.05) is 10.6 Å². The van der Waals surface area contributed by atoms with Gasteiger partial charge in [-0.05, 0) is 36.2 Å². The molecule has 2 N–H and O–H groups in total. The van der Waals surface area contributed by atoms with Crippen LogP contribution in [-0.2, 0) is 0 Å². The van der Waals surface area contributed by atoms with Gasteiger partial charge in [0.15, 0.2) is 0 Å². The number of hydrogen-bond donors (Lipinski definition) is 1. The number of benzene rings is 2. The van der Waals surface area contributed by atoms with E-state index in [9.17, 15) is 17.6 Å². The van der Waals surface area contributed by atoms with E-state index < -0.39 is 18.2 Å². The standard InChI is InChI=1S/C15H12ClF4NO/c1-8-2-7-11(16)12(13(8)17)14(21)9-3-5-10(6-4-9)22-15(18,19)20/h2-7,14H,21H2,1H3/t14-/m1/s1. The highest BCUT2D eigenvalue weighted by atomic mass is 35.5. The summed E-state index contributed by atoms with van der Waals surface area (Å²) in [5.74, 6) is -0.908. The molecule has 2 aromatic carbocycles. The van der Waals surface area contributed by atoms with E-state index in [0.29, 0.717) is 11.1 Å². The van der Waals surface area contributed by atoms with Gasteiger partial charge in [-0.3, -0.25) is 0 Å². The van der Waals surface area contributed by atoms with Gasteiger partial charge >= 0.3 is 6.36 Å². The minimum atomic E-state index is -4.77. The highest BCUT2D eigenvalue weighted by Crippen LogP contribution is 2.32. The molecule has 0 bridgehead atoms. The molecule has 2 rings (SSSR count). The lowest BCUT2D eigenvalue weighted by Gasteiger charge is -2.17. The molecule has 1 atom stereocenters. The van der Waals surface area contributed by atoms with Crippen LogP contribution in [0.3, 0.4) is 0 Å². The smallest absolute Gasteiger partial charge is 0.406 e. The molecule has 2 aromatic rings. The molecule has 0 aliphatic heterocycles. The first-order chi connectivity index (χ1) is 10.2. The maximum atomic E-state index is 14.2. The fourth-order valence-electron chi connectivity index (χ4n) is 2.01. The second-order valence-corrected chi connectivity index (χ2v) is 5.09. The first-order valence-corrected chi connectivity index (χ1v) is 6.62. The Morgan fingerprint density at radius 2 is 1.68 bits per heavy atom. The molecule has 0 unspecified atom stereocenters. The number of ether oxygens (including phenoxy) is 1. The lowest BCUT2D eigenvalue weighted by atomic mass is 9.97. The molecule has 0 aliphatic carbocycles. The summed E-state index contributed by atoms with van der Waals surface area (Å²) < 4.78 is 54.2. The third-order valence-electron chi connectivity index (χ3n) is 3.10. The average molecular weight is 334 g/mol. The maximum absolute atomic E-state index is 14.2. The van der Waals surface area contributed by atoms with Gasteiger partial charge in [0.2, 0.25) is 0 Å². The van der Waals surface area contributed by atoms with Crippen LogP contribution in [-0.4, -0.2) is 6.36 Å². The quantitative estimate of drug-likeness (QED) is 0.824. The summed E-state index contributed by atoms with van der Waals surface area (Å²) in [5, 5.41) is 0.159. The van der Waals surface area contributed by atoms with Gasteiger partial charge in [-0.2, -0.15) is 0 Å². The van der Waals surface area contributed by atoms with E-state index in [-0.39, 0.29) is 16.3 Å². The van der Waals surface area contributed by atoms with Crippen molar-refractivity contribution in [2.24, 2.45) is 5.73 Å². The molecule has 0 fully saturated rings. The highest BCUT2D eigenvalue weighted by Gasteiger charge is 2.31. The van der Waals surface area contributed by atoms with Gasteiger partial charge in [-0.15, -0.1) is 13.2 Å². The molecule has 0 saturated carbocycles. The zero-order chi connectivity index (χ0) is 16.5. The Balaban J connectivity index is 2.31. The minimum absolute atomic E-state index is 0.103. The van der Waals surface area contributed by atoms with Crippen molar-refractivity contribution < 1.29 is 22.3 Å². The summed E-state index contributed by atoms with van der Waals surface area (Å²) in [4.78, 5) is 0. The maximum Gasteiger partial charge on any atom is 0.573 e. The van der Waals surface area contributed by atoms with Crippen molar-refractivity contribution >= 4 is 11.6 Å². The van der Waals surface area contributed by atoms with Gasteiger partial charge in [-0.1, -0.05) is 29.8 Å². The third-order valence-corrected chi connectivity index (χ3v) is 3.43. The van der Waals surface area contributed by atoms with Gasteiger partial charge in [-0.25, -0.2) is 4.39 Å². The van der Waals surface area contributed by atoms with Crippen LogP contribution in [0.4, 0.5) is 17.6 Å². The molecular weight excluding hydrogens is 322 g/mol. The van der Waals surface area contributed by atoms with Gasteiger partial charge in [0.1, 0.15) is 11.6 Å². The molecular formula is C15H12ClF4NO. The SMILES string of the molecule is Cc1ccc(Cl)c([C@H](N)c2ccc(OC(F)(F)F)cc2)c1F. The summed E-state index contributed by atoms with van der Waals surface area (Å²) in [6.45, 7) is 1.57. The molecule has 0 aromatic heterocycles. The van der Waals surface area contributed by atoms with Gasteiger partial charge in [0.25, 0.3) is 0 Å². The van der Waals surface area contributed by atoms with Crippen LogP contribution in [0.2, 0.25) is 5.02 Å².